The van der Waals surface area contributed by atoms with Crippen LogP contribution in [0.25, 0.3) is 0 Å². The van der Waals surface area contributed by atoms with E-state index in [2.05, 4.69) is 16.7 Å². The zero-order chi connectivity index (χ0) is 19.2. The second-order valence-electron chi connectivity index (χ2n) is 7.83. The van der Waals surface area contributed by atoms with E-state index < -0.39 is 12.8 Å². The van der Waals surface area contributed by atoms with Gasteiger partial charge in [-0.25, -0.2) is 0 Å². The number of piperidine rings is 1. The molecule has 4 rings (SSSR count). The van der Waals surface area contributed by atoms with Gasteiger partial charge in [0.15, 0.2) is 12.4 Å². The molecular weight excluding hydrogens is 365 g/mol. The van der Waals surface area contributed by atoms with E-state index >= 15 is 0 Å². The molecule has 3 saturated heterocycles. The van der Waals surface area contributed by atoms with Crippen LogP contribution in [0.1, 0.15) is 23.4 Å². The number of amides is 1. The number of ether oxygens (including phenoxy) is 2. The number of hydrogen-bond donors (Lipinski definition) is 0. The van der Waals surface area contributed by atoms with Gasteiger partial charge in [0.1, 0.15) is 0 Å². The van der Waals surface area contributed by atoms with Gasteiger partial charge in [-0.05, 0) is 44.5 Å². The third kappa shape index (κ3) is 3.54. The Bertz CT molecular complexity index is 697. The SMILES string of the molecule is CN1CCC2(CC1)CN(C(=O)c1ccc(OCC(F)(F)F)o1)[C@@H]1COC[C@@H]12. The fraction of sp³-hybridized carbons (Fsp3) is 0.722. The summed E-state index contributed by atoms with van der Waals surface area (Å²) in [6.07, 6.45) is -2.44. The van der Waals surface area contributed by atoms with Gasteiger partial charge in [-0.15, -0.1) is 0 Å². The molecule has 0 bridgehead atoms. The minimum absolute atomic E-state index is 0.00259. The molecular formula is C18H23F3N2O4. The monoisotopic (exact) mass is 388 g/mol. The van der Waals surface area contributed by atoms with Crippen LogP contribution in [0.3, 0.4) is 0 Å². The molecule has 1 amide bonds. The summed E-state index contributed by atoms with van der Waals surface area (Å²) in [5.41, 5.74) is 0.0472. The molecule has 0 N–H and O–H groups in total. The van der Waals surface area contributed by atoms with Gasteiger partial charge >= 0.3 is 6.18 Å². The molecule has 3 aliphatic rings. The van der Waals surface area contributed by atoms with Crippen LogP contribution in [0.15, 0.2) is 16.5 Å². The first kappa shape index (κ1) is 18.6. The largest absolute Gasteiger partial charge is 0.455 e. The summed E-state index contributed by atoms with van der Waals surface area (Å²) >= 11 is 0. The Labute approximate surface area is 155 Å². The molecule has 0 radical (unpaired) electrons. The van der Waals surface area contributed by atoms with Gasteiger partial charge in [0, 0.05) is 18.5 Å². The van der Waals surface area contributed by atoms with Crippen molar-refractivity contribution in [2.24, 2.45) is 11.3 Å². The van der Waals surface area contributed by atoms with Crippen LogP contribution < -0.4 is 4.74 Å². The zero-order valence-electron chi connectivity index (χ0n) is 15.1. The Hall–Kier alpha value is -1.74. The Kier molecular flexibility index (Phi) is 4.62. The predicted molar refractivity (Wildman–Crippen MR) is 88.6 cm³/mol. The molecule has 0 aliphatic carbocycles. The number of alkyl halides is 3. The third-order valence-corrected chi connectivity index (χ3v) is 6.14. The topological polar surface area (TPSA) is 55.2 Å². The highest BCUT2D eigenvalue weighted by Gasteiger charge is 2.56. The number of fused-ring (bicyclic) bond motifs is 2. The van der Waals surface area contributed by atoms with Crippen molar-refractivity contribution >= 4 is 5.91 Å². The molecule has 150 valence electrons. The van der Waals surface area contributed by atoms with Crippen LogP contribution in [0, 0.1) is 11.3 Å². The lowest BCUT2D eigenvalue weighted by atomic mass is 9.70. The van der Waals surface area contributed by atoms with Crippen molar-refractivity contribution in [3.05, 3.63) is 17.9 Å². The second-order valence-corrected chi connectivity index (χ2v) is 7.83. The summed E-state index contributed by atoms with van der Waals surface area (Å²) in [5.74, 6) is -0.315. The first-order chi connectivity index (χ1) is 12.8. The van der Waals surface area contributed by atoms with Gasteiger partial charge in [-0.2, -0.15) is 13.2 Å². The van der Waals surface area contributed by atoms with Crippen molar-refractivity contribution < 1.29 is 31.9 Å². The molecule has 0 saturated carbocycles. The molecule has 1 spiro atoms. The third-order valence-electron chi connectivity index (χ3n) is 6.14. The maximum Gasteiger partial charge on any atom is 0.422 e. The fourth-order valence-electron chi connectivity index (χ4n) is 4.63. The van der Waals surface area contributed by atoms with Crippen molar-refractivity contribution in [2.45, 2.75) is 25.1 Å². The van der Waals surface area contributed by atoms with E-state index in [9.17, 15) is 18.0 Å². The Morgan fingerprint density at radius 3 is 2.74 bits per heavy atom. The highest BCUT2D eigenvalue weighted by atomic mass is 19.4. The zero-order valence-corrected chi connectivity index (χ0v) is 15.1. The van der Waals surface area contributed by atoms with E-state index in [1.165, 1.54) is 12.1 Å². The number of carbonyl (C=O) groups is 1. The number of nitrogens with zero attached hydrogens (tertiary/aromatic N) is 2. The Morgan fingerprint density at radius 1 is 1.30 bits per heavy atom. The standard InChI is InChI=1S/C18H23F3N2O4/c1-22-6-4-17(5-7-22)10-23(13-9-25-8-12(13)17)16(24)14-2-3-15(27-14)26-11-18(19,20)21/h2-3,12-13H,4-11H2,1H3/t12-,13+/m0/s1. The molecule has 4 heterocycles. The minimum Gasteiger partial charge on any atom is -0.455 e. The van der Waals surface area contributed by atoms with Crippen LogP contribution in [0.4, 0.5) is 13.2 Å². The number of likely N-dealkylation sites (tertiary alicyclic amines) is 2. The lowest BCUT2D eigenvalue weighted by molar-refractivity contribution is -0.156. The highest BCUT2D eigenvalue weighted by Crippen LogP contribution is 2.50. The number of hydrogen-bond acceptors (Lipinski definition) is 5. The van der Waals surface area contributed by atoms with Gasteiger partial charge in [0.25, 0.3) is 11.9 Å². The molecule has 6 nitrogen and oxygen atoms in total. The van der Waals surface area contributed by atoms with Crippen LogP contribution in [-0.4, -0.2) is 74.4 Å². The van der Waals surface area contributed by atoms with E-state index in [1.807, 2.05) is 0 Å². The van der Waals surface area contributed by atoms with Gasteiger partial charge < -0.3 is 23.7 Å². The maximum atomic E-state index is 13.0. The Morgan fingerprint density at radius 2 is 2.04 bits per heavy atom. The molecule has 3 aliphatic heterocycles. The molecule has 27 heavy (non-hydrogen) atoms. The van der Waals surface area contributed by atoms with Crippen molar-refractivity contribution in [2.75, 3.05) is 46.5 Å². The van der Waals surface area contributed by atoms with E-state index in [4.69, 9.17) is 9.15 Å². The van der Waals surface area contributed by atoms with Gasteiger partial charge in [0.05, 0.1) is 19.3 Å². The number of carbonyl (C=O) groups excluding carboxylic acids is 1. The average molecular weight is 388 g/mol. The predicted octanol–water partition coefficient (Wildman–Crippen LogP) is 2.40. The molecule has 1 aromatic heterocycles. The lowest BCUT2D eigenvalue weighted by Crippen LogP contribution is -2.43. The van der Waals surface area contributed by atoms with Gasteiger partial charge in [-0.3, -0.25) is 4.79 Å². The van der Waals surface area contributed by atoms with Gasteiger partial charge in [-0.1, -0.05) is 0 Å². The fourth-order valence-corrected chi connectivity index (χ4v) is 4.63. The van der Waals surface area contributed by atoms with E-state index in [0.29, 0.717) is 25.7 Å². The molecule has 0 unspecified atom stereocenters. The van der Waals surface area contributed by atoms with E-state index in [1.54, 1.807) is 4.90 Å². The molecule has 1 aromatic rings. The lowest BCUT2D eigenvalue weighted by Gasteiger charge is -2.40. The van der Waals surface area contributed by atoms with E-state index in [0.717, 1.165) is 25.9 Å². The summed E-state index contributed by atoms with van der Waals surface area (Å²) < 4.78 is 52.3. The van der Waals surface area contributed by atoms with Crippen LogP contribution in [0.2, 0.25) is 0 Å². The highest BCUT2D eigenvalue weighted by molar-refractivity contribution is 5.92. The smallest absolute Gasteiger partial charge is 0.422 e. The maximum absolute atomic E-state index is 13.0. The molecule has 9 heteroatoms. The Balaban J connectivity index is 1.48. The van der Waals surface area contributed by atoms with Crippen molar-refractivity contribution in [3.63, 3.8) is 0 Å². The summed E-state index contributed by atoms with van der Waals surface area (Å²) in [6.45, 7) is 2.30. The number of halogens is 3. The second kappa shape index (κ2) is 6.70. The van der Waals surface area contributed by atoms with Crippen LogP contribution in [0.5, 0.6) is 5.95 Å². The van der Waals surface area contributed by atoms with Crippen molar-refractivity contribution in [3.8, 4) is 5.95 Å². The quantitative estimate of drug-likeness (QED) is 0.796. The summed E-state index contributed by atoms with van der Waals surface area (Å²) in [7, 11) is 2.10. The summed E-state index contributed by atoms with van der Waals surface area (Å²) in [4.78, 5) is 17.1. The van der Waals surface area contributed by atoms with Crippen molar-refractivity contribution in [1.29, 1.82) is 0 Å². The molecule has 3 fully saturated rings. The summed E-state index contributed by atoms with van der Waals surface area (Å²) in [6, 6.07) is 2.62. The summed E-state index contributed by atoms with van der Waals surface area (Å²) in [5, 5.41) is 0. The first-order valence-corrected chi connectivity index (χ1v) is 9.14. The first-order valence-electron chi connectivity index (χ1n) is 9.14. The van der Waals surface area contributed by atoms with E-state index in [-0.39, 0.29) is 29.1 Å². The number of furan rings is 1. The van der Waals surface area contributed by atoms with Gasteiger partial charge in [0.2, 0.25) is 0 Å². The van der Waals surface area contributed by atoms with Crippen LogP contribution in [-0.2, 0) is 4.74 Å². The number of rotatable bonds is 3. The normalized spacial score (nSPS) is 27.9. The molecule has 2 atom stereocenters. The molecule has 0 aromatic carbocycles. The minimum atomic E-state index is -4.46. The average Bonchev–Trinajstić information content (AvgIpc) is 3.32. The van der Waals surface area contributed by atoms with Crippen molar-refractivity contribution in [1.82, 2.24) is 9.80 Å². The van der Waals surface area contributed by atoms with Crippen LogP contribution >= 0.6 is 0 Å².